The van der Waals surface area contributed by atoms with E-state index in [2.05, 4.69) is 5.32 Å². The number of nitrogens with one attached hydrogen (secondary N) is 1. The Balaban J connectivity index is 1.46. The summed E-state index contributed by atoms with van der Waals surface area (Å²) in [5, 5.41) is 2.99. The number of piperidine rings is 1. The van der Waals surface area contributed by atoms with Gasteiger partial charge in [-0.15, -0.1) is 0 Å². The van der Waals surface area contributed by atoms with E-state index in [4.69, 9.17) is 14.2 Å². The third-order valence-electron chi connectivity index (χ3n) is 5.64. The van der Waals surface area contributed by atoms with Crippen LogP contribution in [-0.4, -0.2) is 57.7 Å². The smallest absolute Gasteiger partial charge is 0.251 e. The van der Waals surface area contributed by atoms with Crippen molar-refractivity contribution >= 4 is 17.9 Å². The number of carbonyl (C=O) groups is 2. The molecule has 32 heavy (non-hydrogen) atoms. The highest BCUT2D eigenvalue weighted by atomic mass is 16.5. The number of carbonyl (C=O) groups excluding carboxylic acids is 2. The molecule has 7 heteroatoms. The quantitative estimate of drug-likeness (QED) is 0.640. The molecule has 2 aromatic carbocycles. The van der Waals surface area contributed by atoms with E-state index in [9.17, 15) is 9.59 Å². The summed E-state index contributed by atoms with van der Waals surface area (Å²) in [6.45, 7) is 1.94. The molecule has 0 unspecified atom stereocenters. The van der Waals surface area contributed by atoms with E-state index in [0.717, 1.165) is 24.2 Å². The van der Waals surface area contributed by atoms with E-state index >= 15 is 0 Å². The molecule has 2 aromatic rings. The zero-order valence-corrected chi connectivity index (χ0v) is 18.8. The third-order valence-corrected chi connectivity index (χ3v) is 5.64. The Morgan fingerprint density at radius 1 is 1.00 bits per heavy atom. The van der Waals surface area contributed by atoms with E-state index < -0.39 is 0 Å². The number of rotatable bonds is 8. The molecule has 3 rings (SSSR count). The lowest BCUT2D eigenvalue weighted by Gasteiger charge is -2.31. The van der Waals surface area contributed by atoms with Gasteiger partial charge in [-0.3, -0.25) is 9.59 Å². The minimum absolute atomic E-state index is 0.000586. The molecule has 1 N–H and O–H groups in total. The van der Waals surface area contributed by atoms with Gasteiger partial charge in [0.1, 0.15) is 5.75 Å². The molecule has 0 saturated carbocycles. The maximum Gasteiger partial charge on any atom is 0.251 e. The van der Waals surface area contributed by atoms with Crippen LogP contribution in [-0.2, 0) is 4.79 Å². The molecule has 0 atom stereocenters. The summed E-state index contributed by atoms with van der Waals surface area (Å²) >= 11 is 0. The zero-order valence-electron chi connectivity index (χ0n) is 18.8. The Kier molecular flexibility index (Phi) is 8.14. The summed E-state index contributed by atoms with van der Waals surface area (Å²) < 4.78 is 15.7. The fourth-order valence-electron chi connectivity index (χ4n) is 3.69. The number of nitrogens with zero attached hydrogens (tertiary/aromatic N) is 1. The first-order valence-corrected chi connectivity index (χ1v) is 10.6. The predicted octanol–water partition coefficient (Wildman–Crippen LogP) is 3.39. The van der Waals surface area contributed by atoms with Crippen LogP contribution in [0.3, 0.4) is 0 Å². The molecule has 0 radical (unpaired) electrons. The lowest BCUT2D eigenvalue weighted by Crippen LogP contribution is -2.41. The van der Waals surface area contributed by atoms with Gasteiger partial charge in [-0.1, -0.05) is 12.1 Å². The van der Waals surface area contributed by atoms with E-state index in [1.165, 1.54) is 0 Å². The molecule has 0 spiro atoms. The fourth-order valence-corrected chi connectivity index (χ4v) is 3.69. The normalized spacial score (nSPS) is 14.3. The van der Waals surface area contributed by atoms with Crippen LogP contribution in [0, 0.1) is 5.92 Å². The highest BCUT2D eigenvalue weighted by Crippen LogP contribution is 2.27. The molecule has 1 fully saturated rings. The first kappa shape index (κ1) is 23.2. The van der Waals surface area contributed by atoms with Gasteiger partial charge in [0.15, 0.2) is 11.5 Å². The van der Waals surface area contributed by atoms with Crippen molar-refractivity contribution in [2.75, 3.05) is 41.0 Å². The van der Waals surface area contributed by atoms with E-state index in [1.807, 2.05) is 29.2 Å². The van der Waals surface area contributed by atoms with Crippen LogP contribution in [0.15, 0.2) is 48.5 Å². The van der Waals surface area contributed by atoms with E-state index in [0.29, 0.717) is 42.6 Å². The highest BCUT2D eigenvalue weighted by molar-refractivity contribution is 5.95. The van der Waals surface area contributed by atoms with Crippen molar-refractivity contribution in [1.29, 1.82) is 0 Å². The van der Waals surface area contributed by atoms with Crippen LogP contribution in [0.25, 0.3) is 6.08 Å². The number of methoxy groups -OCH3 is 3. The highest BCUT2D eigenvalue weighted by Gasteiger charge is 2.22. The van der Waals surface area contributed by atoms with Gasteiger partial charge >= 0.3 is 0 Å². The van der Waals surface area contributed by atoms with Gasteiger partial charge in [0.25, 0.3) is 5.91 Å². The number of benzene rings is 2. The van der Waals surface area contributed by atoms with Crippen molar-refractivity contribution in [3.8, 4) is 17.2 Å². The number of hydrogen-bond acceptors (Lipinski definition) is 5. The third kappa shape index (κ3) is 6.03. The predicted molar refractivity (Wildman–Crippen MR) is 123 cm³/mol. The summed E-state index contributed by atoms with van der Waals surface area (Å²) in [4.78, 5) is 26.9. The Hall–Kier alpha value is -3.48. The van der Waals surface area contributed by atoms with Gasteiger partial charge in [-0.25, -0.2) is 0 Å². The molecule has 1 heterocycles. The lowest BCUT2D eigenvalue weighted by atomic mass is 9.96. The van der Waals surface area contributed by atoms with Crippen LogP contribution in [0.1, 0.15) is 28.8 Å². The SMILES string of the molecule is COc1cccc(/C=C/C(=O)N2CCC(CNC(=O)c3ccc(OC)c(OC)c3)CC2)c1. The Labute approximate surface area is 189 Å². The molecule has 1 aliphatic rings. The van der Waals surface area contributed by atoms with E-state index in [1.54, 1.807) is 51.7 Å². The maximum atomic E-state index is 12.5. The van der Waals surface area contributed by atoms with Crippen molar-refractivity contribution in [3.63, 3.8) is 0 Å². The summed E-state index contributed by atoms with van der Waals surface area (Å²) in [6.07, 6.45) is 5.12. The minimum Gasteiger partial charge on any atom is -0.497 e. The minimum atomic E-state index is -0.148. The molecule has 0 bridgehead atoms. The summed E-state index contributed by atoms with van der Waals surface area (Å²) in [7, 11) is 4.72. The van der Waals surface area contributed by atoms with Crippen molar-refractivity contribution in [3.05, 3.63) is 59.7 Å². The maximum absolute atomic E-state index is 12.5. The summed E-state index contributed by atoms with van der Waals surface area (Å²) in [5.41, 5.74) is 1.45. The first-order valence-electron chi connectivity index (χ1n) is 10.6. The molecular weight excluding hydrogens is 408 g/mol. The molecule has 0 aromatic heterocycles. The molecule has 1 saturated heterocycles. The molecule has 0 aliphatic carbocycles. The Morgan fingerprint density at radius 2 is 1.75 bits per heavy atom. The molecule has 1 aliphatic heterocycles. The van der Waals surface area contributed by atoms with Gasteiger partial charge in [-0.05, 0) is 60.7 Å². The first-order chi connectivity index (χ1) is 15.5. The van der Waals surface area contributed by atoms with Crippen LogP contribution in [0.5, 0.6) is 17.2 Å². The van der Waals surface area contributed by atoms with Crippen molar-refractivity contribution < 1.29 is 23.8 Å². The molecule has 170 valence electrons. The van der Waals surface area contributed by atoms with Crippen LogP contribution in [0.2, 0.25) is 0 Å². The summed E-state index contributed by atoms with van der Waals surface area (Å²) in [6, 6.07) is 12.7. The number of likely N-dealkylation sites (tertiary alicyclic amines) is 1. The molecule has 7 nitrogen and oxygen atoms in total. The topological polar surface area (TPSA) is 77.1 Å². The average Bonchev–Trinajstić information content (AvgIpc) is 2.85. The standard InChI is InChI=1S/C25H30N2O5/c1-30-21-6-4-5-18(15-21)7-10-24(28)27-13-11-19(12-14-27)17-26-25(29)20-8-9-22(31-2)23(16-20)32-3/h4-10,15-16,19H,11-14,17H2,1-3H3,(H,26,29)/b10-7+. The largest absolute Gasteiger partial charge is 0.497 e. The van der Waals surface area contributed by atoms with Gasteiger partial charge in [0, 0.05) is 31.3 Å². The van der Waals surface area contributed by atoms with Crippen LogP contribution in [0.4, 0.5) is 0 Å². The van der Waals surface area contributed by atoms with Crippen molar-refractivity contribution in [2.24, 2.45) is 5.92 Å². The number of ether oxygens (including phenoxy) is 3. The lowest BCUT2D eigenvalue weighted by molar-refractivity contribution is -0.127. The van der Waals surface area contributed by atoms with Gasteiger partial charge in [0.2, 0.25) is 5.91 Å². The van der Waals surface area contributed by atoms with E-state index in [-0.39, 0.29) is 11.8 Å². The fraction of sp³-hybridized carbons (Fsp3) is 0.360. The zero-order chi connectivity index (χ0) is 22.9. The summed E-state index contributed by atoms with van der Waals surface area (Å²) in [5.74, 6) is 2.06. The second-order valence-electron chi connectivity index (χ2n) is 7.66. The van der Waals surface area contributed by atoms with Crippen LogP contribution < -0.4 is 19.5 Å². The monoisotopic (exact) mass is 438 g/mol. The van der Waals surface area contributed by atoms with Crippen molar-refractivity contribution in [1.82, 2.24) is 10.2 Å². The average molecular weight is 439 g/mol. The molecule has 2 amide bonds. The van der Waals surface area contributed by atoms with Crippen LogP contribution >= 0.6 is 0 Å². The van der Waals surface area contributed by atoms with Gasteiger partial charge in [0.05, 0.1) is 21.3 Å². The second kappa shape index (κ2) is 11.2. The number of amides is 2. The number of hydrogen-bond donors (Lipinski definition) is 1. The van der Waals surface area contributed by atoms with Gasteiger partial charge in [-0.2, -0.15) is 0 Å². The molecular formula is C25H30N2O5. The van der Waals surface area contributed by atoms with Crippen molar-refractivity contribution in [2.45, 2.75) is 12.8 Å². The van der Waals surface area contributed by atoms with Gasteiger partial charge < -0.3 is 24.4 Å². The Bertz CT molecular complexity index is 965. The Morgan fingerprint density at radius 3 is 2.44 bits per heavy atom. The second-order valence-corrected chi connectivity index (χ2v) is 7.66.